The molecule has 0 aromatic carbocycles. The molecule has 0 heterocycles. The molecule has 0 aromatic heterocycles. The summed E-state index contributed by atoms with van der Waals surface area (Å²) in [7, 11) is -9.85. The molecule has 0 saturated carbocycles. The molecule has 0 radical (unpaired) electrons. The van der Waals surface area contributed by atoms with E-state index in [-0.39, 0.29) is 25.7 Å². The van der Waals surface area contributed by atoms with Crippen LogP contribution in [0.1, 0.15) is 253 Å². The first-order chi connectivity index (χ1) is 34.5. The maximum atomic E-state index is 12.8. The Morgan fingerprint density at radius 1 is 0.375 bits per heavy atom. The van der Waals surface area contributed by atoms with Crippen molar-refractivity contribution in [1.82, 2.24) is 0 Å². The number of ether oxygens (including phenoxy) is 4. The zero-order valence-electron chi connectivity index (χ0n) is 45.5. The molecule has 0 bridgehead atoms. The molecular weight excluding hydrogens is 971 g/mol. The highest BCUT2D eigenvalue weighted by Crippen LogP contribution is 2.45. The predicted molar refractivity (Wildman–Crippen MR) is 280 cm³/mol. The molecule has 426 valence electrons. The van der Waals surface area contributed by atoms with E-state index in [2.05, 4.69) is 34.6 Å². The van der Waals surface area contributed by atoms with Crippen molar-refractivity contribution >= 4 is 39.5 Å². The van der Waals surface area contributed by atoms with Gasteiger partial charge in [0.2, 0.25) is 0 Å². The van der Waals surface area contributed by atoms with Crippen LogP contribution in [0.4, 0.5) is 0 Å². The maximum Gasteiger partial charge on any atom is 0.472 e. The highest BCUT2D eigenvalue weighted by molar-refractivity contribution is 7.47. The van der Waals surface area contributed by atoms with Crippen molar-refractivity contribution in [3.05, 3.63) is 0 Å². The van der Waals surface area contributed by atoms with Crippen molar-refractivity contribution < 1.29 is 80.2 Å². The fraction of sp³-hybridized carbons (Fsp3) is 0.925. The van der Waals surface area contributed by atoms with Gasteiger partial charge in [-0.3, -0.25) is 37.3 Å². The normalized spacial score (nSPS) is 14.6. The molecule has 0 aromatic rings. The van der Waals surface area contributed by atoms with Gasteiger partial charge in [0, 0.05) is 25.7 Å². The van der Waals surface area contributed by atoms with Gasteiger partial charge in [-0.1, -0.05) is 202 Å². The van der Waals surface area contributed by atoms with Crippen LogP contribution in [-0.4, -0.2) is 96.7 Å². The number of unbranched alkanes of at least 4 members (excludes halogenated alkanes) is 25. The Kier molecular flexibility index (Phi) is 46.2. The van der Waals surface area contributed by atoms with Gasteiger partial charge >= 0.3 is 39.5 Å². The average Bonchev–Trinajstić information content (AvgIpc) is 3.34. The summed E-state index contributed by atoms with van der Waals surface area (Å²) in [5, 5.41) is 10.4. The molecule has 0 rings (SSSR count). The quantitative estimate of drug-likeness (QED) is 0.0222. The van der Waals surface area contributed by atoms with Gasteiger partial charge in [0.15, 0.2) is 12.2 Å². The van der Waals surface area contributed by atoms with Crippen LogP contribution in [0.2, 0.25) is 0 Å². The van der Waals surface area contributed by atoms with E-state index in [9.17, 15) is 43.2 Å². The van der Waals surface area contributed by atoms with Crippen LogP contribution >= 0.6 is 15.6 Å². The second-order valence-corrected chi connectivity index (χ2v) is 22.6. The minimum Gasteiger partial charge on any atom is -0.462 e. The summed E-state index contributed by atoms with van der Waals surface area (Å²) in [4.78, 5) is 71.3. The van der Waals surface area contributed by atoms with Gasteiger partial charge in [-0.2, -0.15) is 0 Å². The molecular formula is C53H102O17P2. The summed E-state index contributed by atoms with van der Waals surface area (Å²) in [6, 6.07) is 0. The van der Waals surface area contributed by atoms with E-state index in [1.807, 2.05) is 0 Å². The highest BCUT2D eigenvalue weighted by Gasteiger charge is 2.30. The van der Waals surface area contributed by atoms with Crippen molar-refractivity contribution in [3.63, 3.8) is 0 Å². The Morgan fingerprint density at radius 3 is 0.944 bits per heavy atom. The standard InChI is InChI=1S/C53H102O17P2/c1-6-9-12-15-18-21-27-32-37-51(56)64-43-49(70-53(58)39-34-29-24-23-25-30-35-46(4)5)45-68-72(61,62)66-41-47(54)40-65-71(59,60)67-44-48(42-63-50(55)36-31-26-20-17-14-11-8-3)69-52(57)38-33-28-22-19-16-13-10-7-2/h46-49,54H,6-45H2,1-5H3,(H,59,60)(H,61,62)/t47-,48+,49+/m0/s1. The molecule has 3 N–H and O–H groups in total. The van der Waals surface area contributed by atoms with Crippen LogP contribution in [0.15, 0.2) is 0 Å². The largest absolute Gasteiger partial charge is 0.472 e. The number of carbonyl (C=O) groups excluding carboxylic acids is 4. The summed E-state index contributed by atoms with van der Waals surface area (Å²) in [5.41, 5.74) is 0. The number of esters is 4. The fourth-order valence-corrected chi connectivity index (χ4v) is 9.22. The zero-order chi connectivity index (χ0) is 53.6. The summed E-state index contributed by atoms with van der Waals surface area (Å²) >= 11 is 0. The number of hydrogen-bond donors (Lipinski definition) is 3. The van der Waals surface area contributed by atoms with Gasteiger partial charge in [-0.25, -0.2) is 9.13 Å². The van der Waals surface area contributed by atoms with Gasteiger partial charge in [0.25, 0.3) is 0 Å². The van der Waals surface area contributed by atoms with E-state index in [0.717, 1.165) is 116 Å². The maximum absolute atomic E-state index is 12.8. The van der Waals surface area contributed by atoms with E-state index in [1.165, 1.54) is 51.4 Å². The van der Waals surface area contributed by atoms with Crippen molar-refractivity contribution in [1.29, 1.82) is 0 Å². The van der Waals surface area contributed by atoms with Gasteiger partial charge in [-0.05, 0) is 31.6 Å². The van der Waals surface area contributed by atoms with E-state index in [4.69, 9.17) is 37.0 Å². The van der Waals surface area contributed by atoms with Crippen LogP contribution in [0, 0.1) is 5.92 Å². The zero-order valence-corrected chi connectivity index (χ0v) is 47.3. The summed E-state index contributed by atoms with van der Waals surface area (Å²) in [6.45, 7) is 6.91. The Balaban J connectivity index is 5.20. The van der Waals surface area contributed by atoms with Crippen molar-refractivity contribution in [2.45, 2.75) is 271 Å². The smallest absolute Gasteiger partial charge is 0.462 e. The molecule has 5 atom stereocenters. The molecule has 0 spiro atoms. The number of aliphatic hydroxyl groups is 1. The third-order valence-electron chi connectivity index (χ3n) is 12.0. The van der Waals surface area contributed by atoms with Crippen LogP contribution in [0.25, 0.3) is 0 Å². The topological polar surface area (TPSA) is 237 Å². The molecule has 0 fully saturated rings. The summed E-state index contributed by atoms with van der Waals surface area (Å²) in [6.07, 6.45) is 27.0. The van der Waals surface area contributed by atoms with Crippen molar-refractivity contribution in [2.75, 3.05) is 39.6 Å². The van der Waals surface area contributed by atoms with E-state index in [1.54, 1.807) is 0 Å². The van der Waals surface area contributed by atoms with Crippen LogP contribution < -0.4 is 0 Å². The molecule has 0 aliphatic rings. The molecule has 0 aliphatic heterocycles. The monoisotopic (exact) mass is 1070 g/mol. The molecule has 0 aliphatic carbocycles. The Hall–Kier alpha value is -1.94. The summed E-state index contributed by atoms with van der Waals surface area (Å²) < 4.78 is 67.3. The van der Waals surface area contributed by atoms with Crippen LogP contribution in [0.3, 0.4) is 0 Å². The van der Waals surface area contributed by atoms with Crippen LogP contribution in [0.5, 0.6) is 0 Å². The lowest BCUT2D eigenvalue weighted by Crippen LogP contribution is -2.30. The van der Waals surface area contributed by atoms with Crippen LogP contribution in [-0.2, 0) is 65.4 Å². The van der Waals surface area contributed by atoms with E-state index < -0.39 is 97.5 Å². The van der Waals surface area contributed by atoms with E-state index in [0.29, 0.717) is 31.6 Å². The summed E-state index contributed by atoms with van der Waals surface area (Å²) in [5.74, 6) is -1.49. The highest BCUT2D eigenvalue weighted by atomic mass is 31.2. The first kappa shape index (κ1) is 70.1. The molecule has 72 heavy (non-hydrogen) atoms. The number of carbonyl (C=O) groups is 4. The van der Waals surface area contributed by atoms with E-state index >= 15 is 0 Å². The number of phosphoric ester groups is 2. The number of rotatable bonds is 53. The second kappa shape index (κ2) is 47.5. The second-order valence-electron chi connectivity index (χ2n) is 19.7. The first-order valence-electron chi connectivity index (χ1n) is 28.1. The Bertz CT molecular complexity index is 1430. The minimum atomic E-state index is -4.93. The van der Waals surface area contributed by atoms with Gasteiger partial charge in [0.05, 0.1) is 26.4 Å². The van der Waals surface area contributed by atoms with Gasteiger partial charge in [0.1, 0.15) is 19.3 Å². The number of aliphatic hydroxyl groups excluding tert-OH is 1. The predicted octanol–water partition coefficient (Wildman–Crippen LogP) is 13.5. The number of hydrogen-bond acceptors (Lipinski definition) is 15. The molecule has 0 amide bonds. The molecule has 19 heteroatoms. The van der Waals surface area contributed by atoms with Crippen molar-refractivity contribution in [2.24, 2.45) is 5.92 Å². The Labute approximate surface area is 435 Å². The van der Waals surface area contributed by atoms with Gasteiger partial charge in [-0.15, -0.1) is 0 Å². The molecule has 0 saturated heterocycles. The lowest BCUT2D eigenvalue weighted by Gasteiger charge is -2.21. The fourth-order valence-electron chi connectivity index (χ4n) is 7.64. The van der Waals surface area contributed by atoms with Gasteiger partial charge < -0.3 is 33.8 Å². The SMILES string of the molecule is CCCCCCCCCCC(=O)OC[C@H](COP(=O)(O)OC[C@@H](O)COP(=O)(O)OC[C@@H](COC(=O)CCCCCCCCC)OC(=O)CCCCCCCCCC)OC(=O)CCCCCCCCC(C)C. The first-order valence-corrected chi connectivity index (χ1v) is 31.1. The lowest BCUT2D eigenvalue weighted by molar-refractivity contribution is -0.161. The minimum absolute atomic E-state index is 0.102. The Morgan fingerprint density at radius 2 is 0.639 bits per heavy atom. The molecule has 2 unspecified atom stereocenters. The average molecular weight is 1070 g/mol. The number of phosphoric acid groups is 2. The lowest BCUT2D eigenvalue weighted by atomic mass is 10.0. The van der Waals surface area contributed by atoms with Crippen molar-refractivity contribution in [3.8, 4) is 0 Å². The third kappa shape index (κ3) is 47.8. The molecule has 17 nitrogen and oxygen atoms in total. The third-order valence-corrected chi connectivity index (χ3v) is 13.9.